The largest absolute Gasteiger partial charge is 0.382 e. The molecule has 0 bridgehead atoms. The Bertz CT molecular complexity index is 343. The number of benzene rings is 1. The van der Waals surface area contributed by atoms with Gasteiger partial charge in [0.2, 0.25) is 0 Å². The number of halogens is 1. The van der Waals surface area contributed by atoms with Gasteiger partial charge in [0.1, 0.15) is 0 Å². The number of hydrogen-bond acceptors (Lipinski definition) is 2. The van der Waals surface area contributed by atoms with E-state index in [4.69, 9.17) is 4.74 Å². The average molecular weight is 328 g/mol. The van der Waals surface area contributed by atoms with Gasteiger partial charge in [-0.3, -0.25) is 0 Å². The molecule has 2 nitrogen and oxygen atoms in total. The van der Waals surface area contributed by atoms with Crippen molar-refractivity contribution < 1.29 is 4.74 Å². The van der Waals surface area contributed by atoms with Gasteiger partial charge in [-0.2, -0.15) is 0 Å². The summed E-state index contributed by atoms with van der Waals surface area (Å²) in [7, 11) is 0. The highest BCUT2D eigenvalue weighted by atomic mass is 79.9. The molecule has 0 saturated heterocycles. The normalized spacial score (nSPS) is 12.6. The minimum Gasteiger partial charge on any atom is -0.382 e. The van der Waals surface area contributed by atoms with Crippen molar-refractivity contribution in [1.82, 2.24) is 5.32 Å². The molecule has 3 heteroatoms. The lowest BCUT2D eigenvalue weighted by Gasteiger charge is -2.19. The van der Waals surface area contributed by atoms with E-state index in [0.717, 1.165) is 32.7 Å². The highest BCUT2D eigenvalue weighted by Gasteiger charge is 2.13. The third-order valence-corrected chi connectivity index (χ3v) is 3.93. The molecule has 0 heterocycles. The topological polar surface area (TPSA) is 21.3 Å². The van der Waals surface area contributed by atoms with Crippen molar-refractivity contribution in [1.29, 1.82) is 0 Å². The summed E-state index contributed by atoms with van der Waals surface area (Å²) in [5.74, 6) is 0.558. The van der Waals surface area contributed by atoms with E-state index >= 15 is 0 Å². The first kappa shape index (κ1) is 16.7. The lowest BCUT2D eigenvalue weighted by atomic mass is 9.94. The van der Waals surface area contributed by atoms with Crippen LogP contribution < -0.4 is 5.32 Å². The first-order valence-electron chi connectivity index (χ1n) is 7.32. The minimum atomic E-state index is 0.558. The Hall–Kier alpha value is -0.380. The number of nitrogens with one attached hydrogen (secondary N) is 1. The van der Waals surface area contributed by atoms with Crippen LogP contribution in [0.2, 0.25) is 0 Å². The van der Waals surface area contributed by atoms with Crippen molar-refractivity contribution >= 4 is 15.9 Å². The second kappa shape index (κ2) is 10.4. The second-order valence-corrected chi connectivity index (χ2v) is 5.62. The summed E-state index contributed by atoms with van der Waals surface area (Å²) in [4.78, 5) is 0. The summed E-state index contributed by atoms with van der Waals surface area (Å²) < 4.78 is 6.66. The maximum Gasteiger partial charge on any atom is 0.0466 e. The van der Waals surface area contributed by atoms with Gasteiger partial charge in [0.05, 0.1) is 0 Å². The van der Waals surface area contributed by atoms with Crippen LogP contribution in [-0.2, 0) is 4.74 Å². The maximum absolute atomic E-state index is 5.44. The van der Waals surface area contributed by atoms with E-state index < -0.39 is 0 Å². The van der Waals surface area contributed by atoms with Gasteiger partial charge in [-0.05, 0) is 50.3 Å². The molecular formula is C16H26BrNO. The highest BCUT2D eigenvalue weighted by Crippen LogP contribution is 2.27. The molecule has 0 aliphatic heterocycles. The molecule has 1 aromatic rings. The molecule has 1 N–H and O–H groups in total. The van der Waals surface area contributed by atoms with Crippen LogP contribution in [0.5, 0.6) is 0 Å². The van der Waals surface area contributed by atoms with Crippen LogP contribution in [-0.4, -0.2) is 26.3 Å². The van der Waals surface area contributed by atoms with E-state index in [1.165, 1.54) is 22.9 Å². The molecule has 0 radical (unpaired) electrons. The predicted octanol–water partition coefficient (Wildman–Crippen LogP) is 4.35. The summed E-state index contributed by atoms with van der Waals surface area (Å²) in [5.41, 5.74) is 1.41. The van der Waals surface area contributed by atoms with Crippen LogP contribution in [0, 0.1) is 0 Å². The summed E-state index contributed by atoms with van der Waals surface area (Å²) in [6.07, 6.45) is 3.47. The minimum absolute atomic E-state index is 0.558. The Kier molecular flexibility index (Phi) is 9.14. The Morgan fingerprint density at radius 3 is 2.74 bits per heavy atom. The third-order valence-electron chi connectivity index (χ3n) is 3.21. The molecule has 0 fully saturated rings. The van der Waals surface area contributed by atoms with Gasteiger partial charge in [-0.25, -0.2) is 0 Å². The van der Waals surface area contributed by atoms with E-state index in [1.807, 2.05) is 6.92 Å². The number of rotatable bonds is 10. The molecule has 0 spiro atoms. The fraction of sp³-hybridized carbons (Fsp3) is 0.625. The second-order valence-electron chi connectivity index (χ2n) is 4.76. The highest BCUT2D eigenvalue weighted by molar-refractivity contribution is 9.10. The Morgan fingerprint density at radius 1 is 1.26 bits per heavy atom. The van der Waals surface area contributed by atoms with Gasteiger partial charge in [0.25, 0.3) is 0 Å². The molecule has 0 aromatic heterocycles. The zero-order valence-electron chi connectivity index (χ0n) is 12.1. The number of hydrogen-bond donors (Lipinski definition) is 1. The van der Waals surface area contributed by atoms with Crippen LogP contribution in [0.3, 0.4) is 0 Å². The zero-order chi connectivity index (χ0) is 13.9. The van der Waals surface area contributed by atoms with Gasteiger partial charge in [-0.1, -0.05) is 41.1 Å². The molecule has 0 saturated carbocycles. The smallest absolute Gasteiger partial charge is 0.0466 e. The van der Waals surface area contributed by atoms with Crippen molar-refractivity contribution in [2.24, 2.45) is 0 Å². The van der Waals surface area contributed by atoms with E-state index in [-0.39, 0.29) is 0 Å². The summed E-state index contributed by atoms with van der Waals surface area (Å²) in [5, 5.41) is 3.54. The van der Waals surface area contributed by atoms with Crippen LogP contribution >= 0.6 is 15.9 Å². The lowest BCUT2D eigenvalue weighted by Crippen LogP contribution is -2.23. The Morgan fingerprint density at radius 2 is 2.05 bits per heavy atom. The van der Waals surface area contributed by atoms with E-state index in [2.05, 4.69) is 52.4 Å². The van der Waals surface area contributed by atoms with Crippen LogP contribution in [0.4, 0.5) is 0 Å². The standard InChI is InChI=1S/C16H26BrNO/c1-3-11-18-13-14(8-7-12-19-4-2)15-9-5-6-10-16(15)17/h5-6,9-10,14,18H,3-4,7-8,11-13H2,1-2H3. The van der Waals surface area contributed by atoms with Gasteiger partial charge in [-0.15, -0.1) is 0 Å². The zero-order valence-corrected chi connectivity index (χ0v) is 13.7. The van der Waals surface area contributed by atoms with Crippen molar-refractivity contribution in [3.63, 3.8) is 0 Å². The third kappa shape index (κ3) is 6.55. The molecule has 1 unspecified atom stereocenters. The van der Waals surface area contributed by atoms with Crippen molar-refractivity contribution in [2.45, 2.75) is 39.0 Å². The molecule has 1 atom stereocenters. The SMILES string of the molecule is CCCNCC(CCCOCC)c1ccccc1Br. The average Bonchev–Trinajstić information content (AvgIpc) is 2.42. The summed E-state index contributed by atoms with van der Waals surface area (Å²) in [6.45, 7) is 8.07. The summed E-state index contributed by atoms with van der Waals surface area (Å²) >= 11 is 3.67. The summed E-state index contributed by atoms with van der Waals surface area (Å²) in [6, 6.07) is 8.55. The molecule has 0 aliphatic carbocycles. The Balaban J connectivity index is 2.55. The quantitative estimate of drug-likeness (QED) is 0.645. The van der Waals surface area contributed by atoms with Crippen LogP contribution in [0.15, 0.2) is 28.7 Å². The fourth-order valence-corrected chi connectivity index (χ4v) is 2.81. The molecule has 1 rings (SSSR count). The fourth-order valence-electron chi connectivity index (χ4n) is 2.20. The van der Waals surface area contributed by atoms with Crippen molar-refractivity contribution in [2.75, 3.05) is 26.3 Å². The van der Waals surface area contributed by atoms with Gasteiger partial charge in [0.15, 0.2) is 0 Å². The lowest BCUT2D eigenvalue weighted by molar-refractivity contribution is 0.141. The van der Waals surface area contributed by atoms with Crippen molar-refractivity contribution in [3.8, 4) is 0 Å². The van der Waals surface area contributed by atoms with Gasteiger partial charge >= 0.3 is 0 Å². The molecule has 108 valence electrons. The van der Waals surface area contributed by atoms with Crippen LogP contribution in [0.1, 0.15) is 44.6 Å². The van der Waals surface area contributed by atoms with E-state index in [1.54, 1.807) is 0 Å². The van der Waals surface area contributed by atoms with E-state index in [9.17, 15) is 0 Å². The monoisotopic (exact) mass is 327 g/mol. The Labute approximate surface area is 126 Å². The molecule has 1 aromatic carbocycles. The van der Waals surface area contributed by atoms with Crippen molar-refractivity contribution in [3.05, 3.63) is 34.3 Å². The predicted molar refractivity (Wildman–Crippen MR) is 85.8 cm³/mol. The first-order valence-corrected chi connectivity index (χ1v) is 8.11. The van der Waals surface area contributed by atoms with Crippen LogP contribution in [0.25, 0.3) is 0 Å². The van der Waals surface area contributed by atoms with E-state index in [0.29, 0.717) is 5.92 Å². The van der Waals surface area contributed by atoms with Gasteiger partial charge < -0.3 is 10.1 Å². The molecule has 0 aliphatic rings. The maximum atomic E-state index is 5.44. The molecule has 0 amide bonds. The van der Waals surface area contributed by atoms with Gasteiger partial charge in [0, 0.05) is 24.2 Å². The molecular weight excluding hydrogens is 302 g/mol. The first-order chi connectivity index (χ1) is 9.29. The number of ether oxygens (including phenoxy) is 1. The molecule has 19 heavy (non-hydrogen) atoms.